The SMILES string of the molecule is b1ccc(-c2ccccc2)o1. The summed E-state index contributed by atoms with van der Waals surface area (Å²) in [7, 11) is 1.68. The Morgan fingerprint density at radius 2 is 1.82 bits per heavy atom. The van der Waals surface area contributed by atoms with E-state index in [1.165, 1.54) is 0 Å². The summed E-state index contributed by atoms with van der Waals surface area (Å²) in [4.78, 5) is 0. The van der Waals surface area contributed by atoms with Crippen LogP contribution in [-0.4, -0.2) is 7.13 Å². The molecule has 0 N–H and O–H groups in total. The van der Waals surface area contributed by atoms with Crippen LogP contribution in [0.1, 0.15) is 0 Å². The van der Waals surface area contributed by atoms with E-state index in [0.29, 0.717) is 0 Å². The van der Waals surface area contributed by atoms with Crippen molar-refractivity contribution in [3.63, 3.8) is 0 Å². The third-order valence-electron chi connectivity index (χ3n) is 1.58. The van der Waals surface area contributed by atoms with Crippen LogP contribution in [0, 0.1) is 0 Å². The van der Waals surface area contributed by atoms with Crippen LogP contribution in [-0.2, 0) is 0 Å². The topological polar surface area (TPSA) is 13.1 Å². The fourth-order valence-electron chi connectivity index (χ4n) is 1.05. The molecule has 0 fully saturated rings. The molecule has 0 bridgehead atoms. The van der Waals surface area contributed by atoms with Crippen LogP contribution in [0.2, 0.25) is 0 Å². The first-order chi connectivity index (χ1) is 5.47. The molecule has 0 saturated heterocycles. The number of rotatable bonds is 1. The molecule has 2 heteroatoms. The fraction of sp³-hybridized carbons (Fsp3) is 0. The van der Waals surface area contributed by atoms with Gasteiger partial charge < -0.3 is 0 Å². The monoisotopic (exact) mass is 142 g/mol. The van der Waals surface area contributed by atoms with Crippen LogP contribution in [0.3, 0.4) is 0 Å². The molecule has 2 rings (SSSR count). The second-order valence-electron chi connectivity index (χ2n) is 2.34. The van der Waals surface area contributed by atoms with Crippen molar-refractivity contribution in [3.05, 3.63) is 42.4 Å². The predicted molar refractivity (Wildman–Crippen MR) is 45.5 cm³/mol. The molecule has 0 amide bonds. The normalized spacial score (nSPS) is 9.45. The Morgan fingerprint density at radius 3 is 2.45 bits per heavy atom. The summed E-state index contributed by atoms with van der Waals surface area (Å²) in [6.45, 7) is 0. The van der Waals surface area contributed by atoms with Crippen molar-refractivity contribution >= 4 is 7.13 Å². The molecule has 0 aliphatic carbocycles. The van der Waals surface area contributed by atoms with E-state index in [1.807, 2.05) is 42.4 Å². The molecule has 1 nitrogen and oxygen atoms in total. The Bertz CT molecular complexity index is 313. The van der Waals surface area contributed by atoms with Gasteiger partial charge in [-0.25, -0.2) is 0 Å². The van der Waals surface area contributed by atoms with Gasteiger partial charge in [-0.1, -0.05) is 0 Å². The summed E-state index contributed by atoms with van der Waals surface area (Å²) in [5, 5.41) is 0. The third kappa shape index (κ3) is 1.24. The molecule has 0 aliphatic rings. The maximum atomic E-state index is 5.22. The second kappa shape index (κ2) is 2.75. The number of hydrogen-bond acceptors (Lipinski definition) is 1. The molecule has 0 atom stereocenters. The predicted octanol–water partition coefficient (Wildman–Crippen LogP) is 2.28. The minimum absolute atomic E-state index is 0.922. The van der Waals surface area contributed by atoms with Crippen molar-refractivity contribution in [1.82, 2.24) is 0 Å². The van der Waals surface area contributed by atoms with Crippen molar-refractivity contribution in [1.29, 1.82) is 0 Å². The van der Waals surface area contributed by atoms with Crippen molar-refractivity contribution in [2.75, 3.05) is 0 Å². The average molecular weight is 142 g/mol. The van der Waals surface area contributed by atoms with E-state index in [9.17, 15) is 0 Å². The Labute approximate surface area is 65.9 Å². The van der Waals surface area contributed by atoms with E-state index in [0.717, 1.165) is 11.3 Å². The van der Waals surface area contributed by atoms with E-state index >= 15 is 0 Å². The summed E-state index contributed by atoms with van der Waals surface area (Å²) in [5.41, 5.74) is 1.12. The van der Waals surface area contributed by atoms with E-state index in [4.69, 9.17) is 4.33 Å². The second-order valence-corrected chi connectivity index (χ2v) is 2.34. The van der Waals surface area contributed by atoms with Gasteiger partial charge in [-0.3, -0.25) is 0 Å². The first-order valence-electron chi connectivity index (χ1n) is 3.56. The first kappa shape index (κ1) is 6.41. The molecule has 11 heavy (non-hydrogen) atoms. The van der Waals surface area contributed by atoms with Gasteiger partial charge in [0.05, 0.1) is 0 Å². The van der Waals surface area contributed by atoms with Gasteiger partial charge in [-0.05, 0) is 0 Å². The van der Waals surface area contributed by atoms with Crippen LogP contribution < -0.4 is 0 Å². The molecule has 0 unspecified atom stereocenters. The zero-order valence-corrected chi connectivity index (χ0v) is 6.03. The van der Waals surface area contributed by atoms with Gasteiger partial charge in [0.15, 0.2) is 0 Å². The Hall–Kier alpha value is -1.31. The molecular formula is C9H7BO. The van der Waals surface area contributed by atoms with Crippen molar-refractivity contribution in [2.24, 2.45) is 0 Å². The van der Waals surface area contributed by atoms with Gasteiger partial charge in [0.25, 0.3) is 0 Å². The summed E-state index contributed by atoms with van der Waals surface area (Å²) in [5.74, 6) is 2.81. The quantitative estimate of drug-likeness (QED) is 0.595. The average Bonchev–Trinajstić information content (AvgIpc) is 2.58. The van der Waals surface area contributed by atoms with Gasteiger partial charge in [0, 0.05) is 0 Å². The molecule has 1 aromatic heterocycles. The molecule has 0 spiro atoms. The summed E-state index contributed by atoms with van der Waals surface area (Å²) >= 11 is 0. The van der Waals surface area contributed by atoms with E-state index < -0.39 is 0 Å². The van der Waals surface area contributed by atoms with Gasteiger partial charge in [-0.15, -0.1) is 0 Å². The van der Waals surface area contributed by atoms with Gasteiger partial charge in [0.1, 0.15) is 0 Å². The van der Waals surface area contributed by atoms with Crippen molar-refractivity contribution < 1.29 is 4.33 Å². The Kier molecular flexibility index (Phi) is 1.60. The van der Waals surface area contributed by atoms with Crippen LogP contribution >= 0.6 is 0 Å². The van der Waals surface area contributed by atoms with E-state index in [-0.39, 0.29) is 0 Å². The zero-order chi connectivity index (χ0) is 7.52. The third-order valence-corrected chi connectivity index (χ3v) is 1.58. The van der Waals surface area contributed by atoms with Crippen molar-refractivity contribution in [3.8, 4) is 11.3 Å². The molecule has 0 saturated carbocycles. The van der Waals surface area contributed by atoms with Crippen LogP contribution in [0.5, 0.6) is 0 Å². The Balaban J connectivity index is 2.46. The molecule has 0 aliphatic heterocycles. The molecule has 52 valence electrons. The molecule has 1 heterocycles. The minimum atomic E-state index is 0.922. The van der Waals surface area contributed by atoms with Gasteiger partial charge in [0.2, 0.25) is 0 Å². The molecule has 2 aromatic rings. The number of benzene rings is 1. The molecular weight excluding hydrogens is 135 g/mol. The van der Waals surface area contributed by atoms with Crippen LogP contribution in [0.15, 0.2) is 46.7 Å². The maximum absolute atomic E-state index is 5.22. The van der Waals surface area contributed by atoms with Gasteiger partial charge in [-0.2, -0.15) is 0 Å². The zero-order valence-electron chi connectivity index (χ0n) is 6.03. The standard InChI is InChI=1S/C9H7BO/c1-2-4-8(5-3-1)9-6-7-10-11-9/h1-7H. The van der Waals surface area contributed by atoms with Gasteiger partial charge >= 0.3 is 65.1 Å². The fourth-order valence-corrected chi connectivity index (χ4v) is 1.05. The summed E-state index contributed by atoms with van der Waals surface area (Å²) in [6, 6.07) is 12.0. The molecule has 0 radical (unpaired) electrons. The van der Waals surface area contributed by atoms with Crippen LogP contribution in [0.4, 0.5) is 0 Å². The van der Waals surface area contributed by atoms with Crippen LogP contribution in [0.25, 0.3) is 11.3 Å². The van der Waals surface area contributed by atoms with E-state index in [1.54, 1.807) is 7.13 Å². The summed E-state index contributed by atoms with van der Waals surface area (Å²) < 4.78 is 5.22. The Morgan fingerprint density at radius 1 is 1.00 bits per heavy atom. The number of hydrogen-bond donors (Lipinski definition) is 0. The summed E-state index contributed by atoms with van der Waals surface area (Å²) in [6.07, 6.45) is 0. The molecule has 1 aromatic carbocycles. The van der Waals surface area contributed by atoms with E-state index in [2.05, 4.69) is 0 Å². The first-order valence-corrected chi connectivity index (χ1v) is 3.56. The van der Waals surface area contributed by atoms with Crippen molar-refractivity contribution in [2.45, 2.75) is 0 Å².